The summed E-state index contributed by atoms with van der Waals surface area (Å²) in [5.41, 5.74) is 5.05. The molecule has 0 aliphatic carbocycles. The van der Waals surface area contributed by atoms with Gasteiger partial charge in [-0.15, -0.1) is 0 Å². The summed E-state index contributed by atoms with van der Waals surface area (Å²) in [5, 5.41) is 2.56. The lowest BCUT2D eigenvalue weighted by atomic mass is 9.90. The van der Waals surface area contributed by atoms with Crippen LogP contribution in [0.2, 0.25) is 0 Å². The molecule has 0 aromatic rings. The molecule has 0 heterocycles. The van der Waals surface area contributed by atoms with E-state index in [0.717, 1.165) is 0 Å². The van der Waals surface area contributed by atoms with E-state index in [1.54, 1.807) is 20.8 Å². The maximum atomic E-state index is 12.0. The van der Waals surface area contributed by atoms with Gasteiger partial charge in [0.05, 0.1) is 18.5 Å². The molecular formula is C16H28N2O4S. The second kappa shape index (κ2) is 9.82. The molecule has 0 aliphatic rings. The van der Waals surface area contributed by atoms with Crippen molar-refractivity contribution in [2.45, 2.75) is 53.0 Å². The molecule has 7 heteroatoms. The van der Waals surface area contributed by atoms with Crippen LogP contribution >= 0.6 is 12.6 Å². The molecule has 0 spiro atoms. The molecule has 2 atom stereocenters. The Morgan fingerprint density at radius 1 is 1.17 bits per heavy atom. The van der Waals surface area contributed by atoms with Gasteiger partial charge in [0.15, 0.2) is 5.78 Å². The molecule has 1 amide bonds. The van der Waals surface area contributed by atoms with E-state index in [9.17, 15) is 19.2 Å². The van der Waals surface area contributed by atoms with E-state index in [1.807, 2.05) is 0 Å². The summed E-state index contributed by atoms with van der Waals surface area (Å²) in [6, 6.07) is -0.647. The smallest absolute Gasteiger partial charge is 0.224 e. The third kappa shape index (κ3) is 8.86. The third-order valence-corrected chi connectivity index (χ3v) is 4.02. The molecular weight excluding hydrogens is 316 g/mol. The molecule has 0 saturated carbocycles. The van der Waals surface area contributed by atoms with Crippen LogP contribution in [0.1, 0.15) is 47.0 Å². The van der Waals surface area contributed by atoms with Gasteiger partial charge >= 0.3 is 0 Å². The van der Waals surface area contributed by atoms with Gasteiger partial charge in [0.1, 0.15) is 11.6 Å². The summed E-state index contributed by atoms with van der Waals surface area (Å²) in [5.74, 6) is -1.13. The molecule has 132 valence electrons. The summed E-state index contributed by atoms with van der Waals surface area (Å²) in [6.45, 7) is 6.65. The molecule has 23 heavy (non-hydrogen) atoms. The van der Waals surface area contributed by atoms with Gasteiger partial charge in [-0.2, -0.15) is 12.6 Å². The predicted molar refractivity (Wildman–Crippen MR) is 92.3 cm³/mol. The summed E-state index contributed by atoms with van der Waals surface area (Å²) >= 11 is 4.10. The van der Waals surface area contributed by atoms with Crippen molar-refractivity contribution < 1.29 is 19.2 Å². The largest absolute Gasteiger partial charge is 0.349 e. The van der Waals surface area contributed by atoms with Crippen molar-refractivity contribution in [3.8, 4) is 0 Å². The summed E-state index contributed by atoms with van der Waals surface area (Å²) in [6.07, 6.45) is 0.459. The van der Waals surface area contributed by atoms with Crippen LogP contribution in [-0.4, -0.2) is 41.6 Å². The van der Waals surface area contributed by atoms with E-state index in [0.29, 0.717) is 0 Å². The summed E-state index contributed by atoms with van der Waals surface area (Å²) in [7, 11) is 0. The van der Waals surface area contributed by atoms with E-state index in [-0.39, 0.29) is 54.8 Å². The lowest BCUT2D eigenvalue weighted by molar-refractivity contribution is -0.131. The number of nitrogens with two attached hydrogens (primary N) is 1. The molecule has 0 aromatic heterocycles. The Kier molecular flexibility index (Phi) is 9.31. The second-order valence-electron chi connectivity index (χ2n) is 6.77. The van der Waals surface area contributed by atoms with Crippen molar-refractivity contribution in [2.75, 3.05) is 12.3 Å². The van der Waals surface area contributed by atoms with Gasteiger partial charge in [-0.1, -0.05) is 20.8 Å². The normalized spacial score (nSPS) is 14.0. The fourth-order valence-electron chi connectivity index (χ4n) is 1.71. The molecule has 0 rings (SSSR count). The number of amides is 1. The molecule has 0 radical (unpaired) electrons. The van der Waals surface area contributed by atoms with Gasteiger partial charge in [0.2, 0.25) is 5.91 Å². The van der Waals surface area contributed by atoms with Crippen molar-refractivity contribution in [1.29, 1.82) is 0 Å². The zero-order valence-corrected chi connectivity index (χ0v) is 15.2. The standard InChI is InChI=1S/C16H28N2O4S/c1-10(19)13(17)6-5-12(20)7-11(9-23)15(22)18-8-14(21)16(2,3)4/h11,13,23H,5-9,17H2,1-4H3,(H,18,22). The monoisotopic (exact) mass is 344 g/mol. The number of carbonyl (C=O) groups excluding carboxylic acids is 4. The van der Waals surface area contributed by atoms with Crippen LogP contribution in [0.5, 0.6) is 0 Å². The number of hydrogen-bond donors (Lipinski definition) is 3. The number of ketones is 3. The number of rotatable bonds is 10. The average Bonchev–Trinajstić information content (AvgIpc) is 2.45. The average molecular weight is 344 g/mol. The van der Waals surface area contributed by atoms with Crippen LogP contribution in [0.25, 0.3) is 0 Å². The minimum Gasteiger partial charge on any atom is -0.349 e. The lowest BCUT2D eigenvalue weighted by Gasteiger charge is -2.19. The van der Waals surface area contributed by atoms with Crippen LogP contribution in [0.3, 0.4) is 0 Å². The third-order valence-electron chi connectivity index (χ3n) is 3.58. The van der Waals surface area contributed by atoms with Gasteiger partial charge in [-0.05, 0) is 13.3 Å². The Hall–Kier alpha value is -1.21. The fourth-order valence-corrected chi connectivity index (χ4v) is 2.01. The zero-order valence-electron chi connectivity index (χ0n) is 14.3. The van der Waals surface area contributed by atoms with Crippen molar-refractivity contribution in [1.82, 2.24) is 5.32 Å². The van der Waals surface area contributed by atoms with E-state index in [2.05, 4.69) is 17.9 Å². The number of carbonyl (C=O) groups is 4. The first-order valence-electron chi connectivity index (χ1n) is 7.68. The Morgan fingerprint density at radius 3 is 2.17 bits per heavy atom. The fraction of sp³-hybridized carbons (Fsp3) is 0.750. The molecule has 2 unspecified atom stereocenters. The topological polar surface area (TPSA) is 106 Å². The van der Waals surface area contributed by atoms with Crippen LogP contribution in [-0.2, 0) is 19.2 Å². The van der Waals surface area contributed by atoms with Gasteiger partial charge in [0, 0.05) is 24.0 Å². The van der Waals surface area contributed by atoms with Gasteiger partial charge in [0.25, 0.3) is 0 Å². The minimum atomic E-state index is -0.647. The van der Waals surface area contributed by atoms with Gasteiger partial charge < -0.3 is 11.1 Å². The highest BCUT2D eigenvalue weighted by Crippen LogP contribution is 2.14. The first-order valence-corrected chi connectivity index (χ1v) is 8.31. The molecule has 0 aliphatic heterocycles. The summed E-state index contributed by atoms with van der Waals surface area (Å²) in [4.78, 5) is 46.8. The lowest BCUT2D eigenvalue weighted by Crippen LogP contribution is -2.39. The van der Waals surface area contributed by atoms with E-state index < -0.39 is 17.4 Å². The highest BCUT2D eigenvalue weighted by molar-refractivity contribution is 7.80. The van der Waals surface area contributed by atoms with Crippen molar-refractivity contribution in [3.05, 3.63) is 0 Å². The van der Waals surface area contributed by atoms with Crippen LogP contribution in [0, 0.1) is 11.3 Å². The highest BCUT2D eigenvalue weighted by atomic mass is 32.1. The van der Waals surface area contributed by atoms with Crippen LogP contribution in [0.15, 0.2) is 0 Å². The maximum Gasteiger partial charge on any atom is 0.224 e. The highest BCUT2D eigenvalue weighted by Gasteiger charge is 2.25. The SMILES string of the molecule is CC(=O)C(N)CCC(=O)CC(CS)C(=O)NCC(=O)C(C)(C)C. The van der Waals surface area contributed by atoms with E-state index in [1.165, 1.54) is 6.92 Å². The number of Topliss-reactive ketones (excluding diaryl/α,β-unsaturated/α-hetero) is 3. The van der Waals surface area contributed by atoms with Crippen molar-refractivity contribution in [3.63, 3.8) is 0 Å². The first-order chi connectivity index (χ1) is 10.5. The first kappa shape index (κ1) is 21.8. The van der Waals surface area contributed by atoms with E-state index in [4.69, 9.17) is 5.73 Å². The Labute approximate surface area is 143 Å². The van der Waals surface area contributed by atoms with Crippen molar-refractivity contribution >= 4 is 35.9 Å². The predicted octanol–water partition coefficient (Wildman–Crippen LogP) is 0.919. The molecule has 0 aromatic carbocycles. The van der Waals surface area contributed by atoms with Gasteiger partial charge in [-0.25, -0.2) is 0 Å². The quantitative estimate of drug-likeness (QED) is 0.511. The zero-order chi connectivity index (χ0) is 18.2. The van der Waals surface area contributed by atoms with Crippen LogP contribution < -0.4 is 11.1 Å². The molecule has 0 bridgehead atoms. The van der Waals surface area contributed by atoms with Crippen LogP contribution in [0.4, 0.5) is 0 Å². The van der Waals surface area contributed by atoms with Gasteiger partial charge in [-0.3, -0.25) is 19.2 Å². The Bertz CT molecular complexity index is 457. The van der Waals surface area contributed by atoms with Crippen molar-refractivity contribution in [2.24, 2.45) is 17.1 Å². The molecule has 3 N–H and O–H groups in total. The second-order valence-corrected chi connectivity index (χ2v) is 7.13. The Morgan fingerprint density at radius 2 is 1.74 bits per heavy atom. The summed E-state index contributed by atoms with van der Waals surface area (Å²) < 4.78 is 0. The Balaban J connectivity index is 4.37. The number of hydrogen-bond acceptors (Lipinski definition) is 6. The minimum absolute atomic E-state index is 0.0314. The number of thiol groups is 1. The molecule has 6 nitrogen and oxygen atoms in total. The molecule has 0 saturated heterocycles. The maximum absolute atomic E-state index is 12.0. The molecule has 0 fully saturated rings. The number of nitrogens with one attached hydrogen (secondary N) is 1. The van der Waals surface area contributed by atoms with E-state index >= 15 is 0 Å².